The van der Waals surface area contributed by atoms with Crippen LogP contribution in [-0.4, -0.2) is 15.8 Å². The first-order chi connectivity index (χ1) is 12.0. The lowest BCUT2D eigenvalue weighted by Gasteiger charge is -2.29. The molecule has 3 rings (SSSR count). The van der Waals surface area contributed by atoms with E-state index in [2.05, 4.69) is 20.9 Å². The van der Waals surface area contributed by atoms with Gasteiger partial charge in [-0.3, -0.25) is 4.98 Å². The van der Waals surface area contributed by atoms with Crippen molar-refractivity contribution in [3.05, 3.63) is 93.2 Å². The maximum Gasteiger partial charge on any atom is 0.125 e. The molecule has 0 radical (unpaired) electrons. The predicted molar refractivity (Wildman–Crippen MR) is 108 cm³/mol. The lowest BCUT2D eigenvalue weighted by atomic mass is 9.89. The van der Waals surface area contributed by atoms with Gasteiger partial charge in [-0.25, -0.2) is 0 Å². The molecule has 0 aliphatic rings. The third-order valence-electron chi connectivity index (χ3n) is 4.05. The second kappa shape index (κ2) is 7.92. The summed E-state index contributed by atoms with van der Waals surface area (Å²) < 4.78 is 0.975. The highest BCUT2D eigenvalue weighted by atomic mass is 79.9. The Morgan fingerprint density at radius 1 is 1.12 bits per heavy atom. The van der Waals surface area contributed by atoms with E-state index in [-0.39, 0.29) is 0 Å². The number of benzene rings is 2. The van der Waals surface area contributed by atoms with E-state index in [0.717, 1.165) is 31.1 Å². The molecule has 0 bridgehead atoms. The Kier molecular flexibility index (Phi) is 5.85. The topological polar surface area (TPSA) is 33.1 Å². The molecule has 1 N–H and O–H groups in total. The highest BCUT2D eigenvalue weighted by molar-refractivity contribution is 9.10. The van der Waals surface area contributed by atoms with Gasteiger partial charge in [0.25, 0.3) is 0 Å². The van der Waals surface area contributed by atoms with Gasteiger partial charge >= 0.3 is 0 Å². The average molecular weight is 435 g/mol. The number of aromatic nitrogens is 1. The van der Waals surface area contributed by atoms with Gasteiger partial charge in [0.05, 0.1) is 0 Å². The highest BCUT2D eigenvalue weighted by Crippen LogP contribution is 2.36. The Morgan fingerprint density at radius 3 is 2.52 bits per heavy atom. The Hall–Kier alpha value is -1.33. The Morgan fingerprint density at radius 2 is 1.88 bits per heavy atom. The van der Waals surface area contributed by atoms with Crippen LogP contribution in [0.1, 0.15) is 16.7 Å². The van der Waals surface area contributed by atoms with Crippen LogP contribution >= 0.6 is 39.3 Å². The molecule has 1 atom stereocenters. The van der Waals surface area contributed by atoms with Crippen LogP contribution in [-0.2, 0) is 5.60 Å². The number of rotatable bonds is 5. The molecule has 1 unspecified atom stereocenters. The van der Waals surface area contributed by atoms with Gasteiger partial charge in [-0.15, -0.1) is 11.8 Å². The Bertz CT molecular complexity index is 857. The van der Waals surface area contributed by atoms with Crippen LogP contribution in [0.4, 0.5) is 0 Å². The van der Waals surface area contributed by atoms with Crippen LogP contribution in [0.2, 0.25) is 5.02 Å². The molecule has 2 nitrogen and oxygen atoms in total. The first-order valence-corrected chi connectivity index (χ1v) is 9.92. The monoisotopic (exact) mass is 433 g/mol. The third-order valence-corrected chi connectivity index (χ3v) is 6.14. The number of hydrogen-bond donors (Lipinski definition) is 1. The molecular weight excluding hydrogens is 418 g/mol. The number of pyridine rings is 1. The summed E-state index contributed by atoms with van der Waals surface area (Å²) >= 11 is 11.2. The molecule has 0 aliphatic carbocycles. The van der Waals surface area contributed by atoms with E-state index in [1.165, 1.54) is 0 Å². The van der Waals surface area contributed by atoms with E-state index in [0.29, 0.717) is 5.75 Å². The zero-order chi connectivity index (χ0) is 17.9. The van der Waals surface area contributed by atoms with Crippen LogP contribution in [0.15, 0.2) is 76.4 Å². The van der Waals surface area contributed by atoms with Crippen molar-refractivity contribution in [3.8, 4) is 0 Å². The molecule has 25 heavy (non-hydrogen) atoms. The molecule has 0 fully saturated rings. The summed E-state index contributed by atoms with van der Waals surface area (Å²) in [5.41, 5.74) is 1.50. The van der Waals surface area contributed by atoms with Crippen molar-refractivity contribution in [2.24, 2.45) is 0 Å². The number of aliphatic hydroxyl groups is 1. The van der Waals surface area contributed by atoms with Crippen LogP contribution in [0.25, 0.3) is 0 Å². The second-order valence-corrected chi connectivity index (χ2v) is 8.18. The van der Waals surface area contributed by atoms with Crippen molar-refractivity contribution in [2.75, 3.05) is 5.75 Å². The van der Waals surface area contributed by atoms with Gasteiger partial charge in [0, 0.05) is 38.1 Å². The minimum absolute atomic E-state index is 0.458. The number of halogens is 2. The van der Waals surface area contributed by atoms with Gasteiger partial charge in [0.15, 0.2) is 0 Å². The van der Waals surface area contributed by atoms with Crippen molar-refractivity contribution >= 4 is 39.3 Å². The largest absolute Gasteiger partial charge is 0.379 e. The number of nitrogens with zero attached hydrogens (tertiary/aromatic N) is 1. The Labute approximate surface area is 165 Å². The average Bonchev–Trinajstić information content (AvgIpc) is 2.64. The molecule has 128 valence electrons. The van der Waals surface area contributed by atoms with E-state index in [1.807, 2.05) is 61.5 Å². The summed E-state index contributed by atoms with van der Waals surface area (Å²) in [6.07, 6.45) is 3.42. The number of thioether (sulfide) groups is 1. The molecule has 0 spiro atoms. The molecule has 5 heteroatoms. The van der Waals surface area contributed by atoms with Gasteiger partial charge in [-0.1, -0.05) is 51.8 Å². The molecule has 0 saturated carbocycles. The quantitative estimate of drug-likeness (QED) is 0.513. The third kappa shape index (κ3) is 4.26. The minimum Gasteiger partial charge on any atom is -0.379 e. The number of aryl methyl sites for hydroxylation is 1. The fourth-order valence-corrected chi connectivity index (χ4v) is 4.10. The van der Waals surface area contributed by atoms with Crippen molar-refractivity contribution in [1.82, 2.24) is 4.98 Å². The highest BCUT2D eigenvalue weighted by Gasteiger charge is 2.32. The van der Waals surface area contributed by atoms with Gasteiger partial charge in [0.1, 0.15) is 5.60 Å². The molecule has 1 heterocycles. The van der Waals surface area contributed by atoms with Crippen molar-refractivity contribution in [2.45, 2.75) is 17.4 Å². The first kappa shape index (κ1) is 18.5. The smallest absolute Gasteiger partial charge is 0.125 e. The molecule has 0 saturated heterocycles. The maximum atomic E-state index is 11.5. The summed E-state index contributed by atoms with van der Waals surface area (Å²) in [7, 11) is 0. The normalized spacial score (nSPS) is 13.4. The first-order valence-electron chi connectivity index (χ1n) is 7.77. The van der Waals surface area contributed by atoms with Crippen LogP contribution < -0.4 is 0 Å². The summed E-state index contributed by atoms with van der Waals surface area (Å²) in [4.78, 5) is 5.20. The minimum atomic E-state index is -1.14. The van der Waals surface area contributed by atoms with Gasteiger partial charge in [-0.05, 0) is 48.4 Å². The van der Waals surface area contributed by atoms with Crippen LogP contribution in [0.3, 0.4) is 0 Å². The summed E-state index contributed by atoms with van der Waals surface area (Å²) in [5, 5.41) is 12.3. The number of hydrogen-bond acceptors (Lipinski definition) is 3. The van der Waals surface area contributed by atoms with Crippen molar-refractivity contribution < 1.29 is 5.11 Å². The van der Waals surface area contributed by atoms with E-state index in [9.17, 15) is 5.11 Å². The molecule has 1 aromatic heterocycles. The molecular formula is C20H17BrClNOS. The molecule has 3 aromatic rings. The summed E-state index contributed by atoms with van der Waals surface area (Å²) in [5.74, 6) is 0.458. The van der Waals surface area contributed by atoms with Crippen LogP contribution in [0, 0.1) is 6.92 Å². The van der Waals surface area contributed by atoms with E-state index in [4.69, 9.17) is 11.6 Å². The molecule has 0 amide bonds. The fraction of sp³-hybridized carbons (Fsp3) is 0.150. The maximum absolute atomic E-state index is 11.5. The zero-order valence-corrected chi connectivity index (χ0v) is 16.8. The van der Waals surface area contributed by atoms with Crippen LogP contribution in [0.5, 0.6) is 0 Å². The lowest BCUT2D eigenvalue weighted by molar-refractivity contribution is 0.107. The lowest BCUT2D eigenvalue weighted by Crippen LogP contribution is -2.30. The van der Waals surface area contributed by atoms with Gasteiger partial charge in [-0.2, -0.15) is 0 Å². The summed E-state index contributed by atoms with van der Waals surface area (Å²) in [6, 6.07) is 17.4. The van der Waals surface area contributed by atoms with Crippen molar-refractivity contribution in [1.29, 1.82) is 0 Å². The van der Waals surface area contributed by atoms with E-state index < -0.39 is 5.60 Å². The Balaban J connectivity index is 1.94. The van der Waals surface area contributed by atoms with E-state index >= 15 is 0 Å². The standard InChI is InChI=1S/C20H17BrClNOS/c1-14-4-9-18(11-19(14)22)25-13-20(24,16-3-2-10-23-12-16)15-5-7-17(21)8-6-15/h2-12,24H,13H2,1H3. The SMILES string of the molecule is Cc1ccc(SCC(O)(c2ccc(Br)cc2)c2cccnc2)cc1Cl. The van der Waals surface area contributed by atoms with Crippen molar-refractivity contribution in [3.63, 3.8) is 0 Å². The fourth-order valence-electron chi connectivity index (χ4n) is 2.52. The zero-order valence-electron chi connectivity index (χ0n) is 13.6. The molecule has 0 aliphatic heterocycles. The molecule has 2 aromatic carbocycles. The second-order valence-electron chi connectivity index (χ2n) is 5.81. The summed E-state index contributed by atoms with van der Waals surface area (Å²) in [6.45, 7) is 1.98. The van der Waals surface area contributed by atoms with Gasteiger partial charge in [0.2, 0.25) is 0 Å². The predicted octanol–water partition coefficient (Wildman–Crippen LogP) is 5.83. The van der Waals surface area contributed by atoms with Gasteiger partial charge < -0.3 is 5.11 Å². The van der Waals surface area contributed by atoms with E-state index in [1.54, 1.807) is 24.2 Å².